The summed E-state index contributed by atoms with van der Waals surface area (Å²) in [4.78, 5) is 15.3. The van der Waals surface area contributed by atoms with Crippen molar-refractivity contribution >= 4 is 5.91 Å². The van der Waals surface area contributed by atoms with Crippen molar-refractivity contribution in [2.75, 3.05) is 6.54 Å². The lowest BCUT2D eigenvalue weighted by molar-refractivity contribution is -0.120. The summed E-state index contributed by atoms with van der Waals surface area (Å²) in [6.45, 7) is 4.88. The van der Waals surface area contributed by atoms with Crippen molar-refractivity contribution < 1.29 is 4.79 Å². The minimum Gasteiger partial charge on any atom is -0.356 e. The lowest BCUT2D eigenvalue weighted by Gasteiger charge is -2.06. The maximum absolute atomic E-state index is 11.4. The third kappa shape index (κ3) is 4.03. The van der Waals surface area contributed by atoms with E-state index in [2.05, 4.69) is 24.1 Å². The van der Waals surface area contributed by atoms with Gasteiger partial charge in [0.25, 0.3) is 0 Å². The summed E-state index contributed by atoms with van der Waals surface area (Å²) in [6, 6.07) is 3.74. The van der Waals surface area contributed by atoms with Crippen LogP contribution in [0.3, 0.4) is 0 Å². The first kappa shape index (κ1) is 10.7. The van der Waals surface area contributed by atoms with Crippen LogP contribution in [0.2, 0.25) is 0 Å². The quantitative estimate of drug-likeness (QED) is 0.783. The average molecular weight is 192 g/mol. The molecular formula is C11H16N2O. The number of nitrogens with one attached hydrogen (secondary N) is 1. The molecule has 0 spiro atoms. The fraction of sp³-hybridized carbons (Fsp3) is 0.455. The van der Waals surface area contributed by atoms with Gasteiger partial charge in [0.1, 0.15) is 0 Å². The number of amides is 1. The van der Waals surface area contributed by atoms with Crippen LogP contribution in [0.15, 0.2) is 24.5 Å². The summed E-state index contributed by atoms with van der Waals surface area (Å²) in [5.74, 6) is 0.555. The molecule has 1 aromatic heterocycles. The number of carbonyl (C=O) groups is 1. The number of hydrogen-bond donors (Lipinski definition) is 1. The highest BCUT2D eigenvalue weighted by atomic mass is 16.1. The molecule has 3 heteroatoms. The highest BCUT2D eigenvalue weighted by Crippen LogP contribution is 1.97. The molecule has 1 rings (SSSR count). The summed E-state index contributed by atoms with van der Waals surface area (Å²) < 4.78 is 0. The fourth-order valence-electron chi connectivity index (χ4n) is 1.07. The SMILES string of the molecule is CC(C)CNC(=O)Cc1cccnc1. The molecule has 0 radical (unpaired) electrons. The number of rotatable bonds is 4. The summed E-state index contributed by atoms with van der Waals surface area (Å²) in [7, 11) is 0. The molecule has 1 heterocycles. The molecule has 14 heavy (non-hydrogen) atoms. The van der Waals surface area contributed by atoms with Crippen molar-refractivity contribution in [3.05, 3.63) is 30.1 Å². The van der Waals surface area contributed by atoms with Crippen molar-refractivity contribution in [2.45, 2.75) is 20.3 Å². The second-order valence-electron chi connectivity index (χ2n) is 3.74. The number of hydrogen-bond acceptors (Lipinski definition) is 2. The van der Waals surface area contributed by atoms with E-state index in [9.17, 15) is 4.79 Å². The highest BCUT2D eigenvalue weighted by molar-refractivity contribution is 5.78. The van der Waals surface area contributed by atoms with Gasteiger partial charge < -0.3 is 5.32 Å². The van der Waals surface area contributed by atoms with Crippen LogP contribution < -0.4 is 5.32 Å². The van der Waals surface area contributed by atoms with Crippen LogP contribution in [0, 0.1) is 5.92 Å². The largest absolute Gasteiger partial charge is 0.356 e. The van der Waals surface area contributed by atoms with Crippen LogP contribution >= 0.6 is 0 Å². The van der Waals surface area contributed by atoms with E-state index in [0.29, 0.717) is 12.3 Å². The Kier molecular flexibility index (Phi) is 4.11. The van der Waals surface area contributed by atoms with E-state index in [1.165, 1.54) is 0 Å². The molecule has 3 nitrogen and oxygen atoms in total. The van der Waals surface area contributed by atoms with E-state index >= 15 is 0 Å². The summed E-state index contributed by atoms with van der Waals surface area (Å²) in [5.41, 5.74) is 0.953. The summed E-state index contributed by atoms with van der Waals surface area (Å²) in [5, 5.41) is 2.86. The molecule has 1 amide bonds. The molecule has 0 aliphatic rings. The van der Waals surface area contributed by atoms with Gasteiger partial charge in [0.05, 0.1) is 6.42 Å². The molecule has 0 aliphatic heterocycles. The van der Waals surface area contributed by atoms with E-state index in [4.69, 9.17) is 0 Å². The molecule has 0 atom stereocenters. The first-order valence-corrected chi connectivity index (χ1v) is 4.84. The second-order valence-corrected chi connectivity index (χ2v) is 3.74. The molecule has 0 saturated carbocycles. The van der Waals surface area contributed by atoms with Gasteiger partial charge in [-0.05, 0) is 17.5 Å². The van der Waals surface area contributed by atoms with Crippen molar-refractivity contribution in [3.8, 4) is 0 Å². The predicted octanol–water partition coefficient (Wildman–Crippen LogP) is 1.40. The van der Waals surface area contributed by atoms with Gasteiger partial charge in [0.2, 0.25) is 5.91 Å². The van der Waals surface area contributed by atoms with E-state index < -0.39 is 0 Å². The zero-order chi connectivity index (χ0) is 10.4. The van der Waals surface area contributed by atoms with Crippen LogP contribution in [0.25, 0.3) is 0 Å². The minimum atomic E-state index is 0.0618. The molecule has 0 unspecified atom stereocenters. The zero-order valence-electron chi connectivity index (χ0n) is 8.66. The molecule has 0 aliphatic carbocycles. The molecule has 0 aromatic carbocycles. The third-order valence-corrected chi connectivity index (χ3v) is 1.79. The first-order chi connectivity index (χ1) is 6.68. The van der Waals surface area contributed by atoms with Gasteiger partial charge in [-0.25, -0.2) is 0 Å². The molecule has 0 fully saturated rings. The van der Waals surface area contributed by atoms with Gasteiger partial charge in [-0.2, -0.15) is 0 Å². The first-order valence-electron chi connectivity index (χ1n) is 4.84. The summed E-state index contributed by atoms with van der Waals surface area (Å²) in [6.07, 6.45) is 3.84. The monoisotopic (exact) mass is 192 g/mol. The van der Waals surface area contributed by atoms with Crippen LogP contribution in [-0.2, 0) is 11.2 Å². The molecule has 1 aromatic rings. The maximum Gasteiger partial charge on any atom is 0.224 e. The Bertz CT molecular complexity index is 283. The molecule has 76 valence electrons. The van der Waals surface area contributed by atoms with Gasteiger partial charge in [-0.15, -0.1) is 0 Å². The van der Waals surface area contributed by atoms with Crippen LogP contribution in [0.5, 0.6) is 0 Å². The lowest BCUT2D eigenvalue weighted by Crippen LogP contribution is -2.28. The Morgan fingerprint density at radius 1 is 1.57 bits per heavy atom. The normalized spacial score (nSPS) is 10.2. The Morgan fingerprint density at radius 2 is 2.36 bits per heavy atom. The van der Waals surface area contributed by atoms with E-state index in [1.807, 2.05) is 12.1 Å². The molecule has 0 bridgehead atoms. The Hall–Kier alpha value is -1.38. The molecular weight excluding hydrogens is 176 g/mol. The predicted molar refractivity (Wildman–Crippen MR) is 55.8 cm³/mol. The van der Waals surface area contributed by atoms with Crippen LogP contribution in [0.4, 0.5) is 0 Å². The Labute approximate surface area is 84.6 Å². The van der Waals surface area contributed by atoms with E-state index in [-0.39, 0.29) is 5.91 Å². The van der Waals surface area contributed by atoms with Crippen molar-refractivity contribution in [2.24, 2.45) is 5.92 Å². The van der Waals surface area contributed by atoms with Gasteiger partial charge in [-0.3, -0.25) is 9.78 Å². The Balaban J connectivity index is 2.35. The van der Waals surface area contributed by atoms with Crippen LogP contribution in [-0.4, -0.2) is 17.4 Å². The van der Waals surface area contributed by atoms with E-state index in [0.717, 1.165) is 12.1 Å². The number of aromatic nitrogens is 1. The third-order valence-electron chi connectivity index (χ3n) is 1.79. The fourth-order valence-corrected chi connectivity index (χ4v) is 1.07. The second kappa shape index (κ2) is 5.37. The standard InChI is InChI=1S/C11H16N2O/c1-9(2)7-13-11(14)6-10-4-3-5-12-8-10/h3-5,8-9H,6-7H2,1-2H3,(H,13,14). The van der Waals surface area contributed by atoms with Crippen molar-refractivity contribution in [1.29, 1.82) is 0 Å². The number of carbonyl (C=O) groups excluding carboxylic acids is 1. The number of pyridine rings is 1. The minimum absolute atomic E-state index is 0.0618. The van der Waals surface area contributed by atoms with Crippen LogP contribution in [0.1, 0.15) is 19.4 Å². The number of nitrogens with zero attached hydrogens (tertiary/aromatic N) is 1. The van der Waals surface area contributed by atoms with Crippen molar-refractivity contribution in [3.63, 3.8) is 0 Å². The smallest absolute Gasteiger partial charge is 0.224 e. The molecule has 0 saturated heterocycles. The van der Waals surface area contributed by atoms with Crippen molar-refractivity contribution in [1.82, 2.24) is 10.3 Å². The Morgan fingerprint density at radius 3 is 2.93 bits per heavy atom. The molecule has 1 N–H and O–H groups in total. The van der Waals surface area contributed by atoms with Gasteiger partial charge in [-0.1, -0.05) is 19.9 Å². The van der Waals surface area contributed by atoms with Gasteiger partial charge in [0.15, 0.2) is 0 Å². The highest BCUT2D eigenvalue weighted by Gasteiger charge is 2.03. The topological polar surface area (TPSA) is 42.0 Å². The maximum atomic E-state index is 11.4. The van der Waals surface area contributed by atoms with Gasteiger partial charge >= 0.3 is 0 Å². The summed E-state index contributed by atoms with van der Waals surface area (Å²) >= 11 is 0. The van der Waals surface area contributed by atoms with Gasteiger partial charge in [0, 0.05) is 18.9 Å². The average Bonchev–Trinajstić information content (AvgIpc) is 2.16. The lowest BCUT2D eigenvalue weighted by atomic mass is 10.2. The van der Waals surface area contributed by atoms with E-state index in [1.54, 1.807) is 12.4 Å². The zero-order valence-corrected chi connectivity index (χ0v) is 8.66.